The first-order chi connectivity index (χ1) is 11.2. The first-order valence-electron chi connectivity index (χ1n) is 8.93. The Balaban J connectivity index is 2.94. The highest BCUT2D eigenvalue weighted by atomic mass is 28.4. The molecular weight excluding hydrogens is 338 g/mol. The van der Waals surface area contributed by atoms with E-state index in [1.165, 1.54) is 12.0 Å². The number of ether oxygens (including phenoxy) is 2. The number of rotatable bonds is 3. The first kappa shape index (κ1) is 22.0. The monoisotopic (exact) mass is 373 g/mol. The van der Waals surface area contributed by atoms with Crippen LogP contribution in [0.25, 0.3) is 0 Å². The average molecular weight is 374 g/mol. The van der Waals surface area contributed by atoms with E-state index < -0.39 is 32.0 Å². The Morgan fingerprint density at radius 1 is 1.04 bits per heavy atom. The highest BCUT2D eigenvalue weighted by Gasteiger charge is 2.44. The quantitative estimate of drug-likeness (QED) is 0.553. The second kappa shape index (κ2) is 7.66. The van der Waals surface area contributed by atoms with Gasteiger partial charge < -0.3 is 13.9 Å². The van der Waals surface area contributed by atoms with Crippen molar-refractivity contribution in [2.45, 2.75) is 90.3 Å². The van der Waals surface area contributed by atoms with E-state index >= 15 is 0 Å². The molecule has 7 heteroatoms. The molecule has 0 unspecified atom stereocenters. The van der Waals surface area contributed by atoms with Gasteiger partial charge in [0.05, 0.1) is 13.2 Å². The molecule has 0 aliphatic carbocycles. The normalized spacial score (nSPS) is 22.5. The van der Waals surface area contributed by atoms with Crippen LogP contribution in [0.15, 0.2) is 0 Å². The molecule has 0 aromatic carbocycles. The lowest BCUT2D eigenvalue weighted by Gasteiger charge is -2.44. The van der Waals surface area contributed by atoms with Gasteiger partial charge in [-0.15, -0.1) is 0 Å². The van der Waals surface area contributed by atoms with Crippen LogP contribution < -0.4 is 0 Å². The van der Waals surface area contributed by atoms with Gasteiger partial charge in [-0.1, -0.05) is 20.8 Å². The zero-order chi connectivity index (χ0) is 19.6. The van der Waals surface area contributed by atoms with Crippen LogP contribution in [-0.4, -0.2) is 56.7 Å². The van der Waals surface area contributed by atoms with Crippen LogP contribution in [0.4, 0.5) is 4.79 Å². The molecule has 0 bridgehead atoms. The minimum atomic E-state index is -1.96. The maximum Gasteiger partial charge on any atom is 0.411 e. The summed E-state index contributed by atoms with van der Waals surface area (Å²) in [6.45, 7) is 16.7. The van der Waals surface area contributed by atoms with Crippen LogP contribution in [0.2, 0.25) is 18.1 Å². The van der Waals surface area contributed by atoms with Crippen molar-refractivity contribution in [2.24, 2.45) is 0 Å². The van der Waals surface area contributed by atoms with Crippen molar-refractivity contribution in [1.29, 1.82) is 0 Å². The Morgan fingerprint density at radius 3 is 2.04 bits per heavy atom. The standard InChI is InChI=1S/C18H35NO5Si/c1-17(2,3)23-16(21)19-12-13(10-11-14(19)15(20)22-7)24-25(8,9)18(4,5)6/h13-14H,10-12H2,1-9H3/t13-,14-/m0/s1. The molecule has 0 spiro atoms. The summed E-state index contributed by atoms with van der Waals surface area (Å²) in [5.41, 5.74) is -0.620. The molecule has 0 aromatic rings. The largest absolute Gasteiger partial charge is 0.467 e. The molecule has 146 valence electrons. The van der Waals surface area contributed by atoms with Crippen molar-refractivity contribution >= 4 is 20.4 Å². The molecule has 25 heavy (non-hydrogen) atoms. The fourth-order valence-corrected chi connectivity index (χ4v) is 3.91. The number of hydrogen-bond donors (Lipinski definition) is 0. The molecule has 2 atom stereocenters. The number of methoxy groups -OCH3 is 1. The van der Waals surface area contributed by atoms with E-state index in [9.17, 15) is 9.59 Å². The lowest BCUT2D eigenvalue weighted by atomic mass is 10.0. The summed E-state index contributed by atoms with van der Waals surface area (Å²) < 4.78 is 16.8. The van der Waals surface area contributed by atoms with Gasteiger partial charge in [0.15, 0.2) is 8.32 Å². The van der Waals surface area contributed by atoms with Gasteiger partial charge in [-0.05, 0) is 51.7 Å². The minimum Gasteiger partial charge on any atom is -0.467 e. The Labute approximate surface area is 153 Å². The molecule has 1 rings (SSSR count). The minimum absolute atomic E-state index is 0.0863. The molecule has 1 aliphatic heterocycles. The SMILES string of the molecule is COC(=O)[C@@H]1CC[C@H](O[Si](C)(C)C(C)(C)C)CN1C(=O)OC(C)(C)C. The van der Waals surface area contributed by atoms with E-state index in [0.717, 1.165) is 6.42 Å². The van der Waals surface area contributed by atoms with Gasteiger partial charge >= 0.3 is 12.1 Å². The number of piperidine rings is 1. The van der Waals surface area contributed by atoms with Crippen LogP contribution in [0.5, 0.6) is 0 Å². The van der Waals surface area contributed by atoms with Crippen molar-refractivity contribution in [1.82, 2.24) is 4.90 Å². The highest BCUT2D eigenvalue weighted by molar-refractivity contribution is 6.74. The Bertz CT molecular complexity index is 493. The van der Waals surface area contributed by atoms with Crippen molar-refractivity contribution < 1.29 is 23.5 Å². The van der Waals surface area contributed by atoms with Gasteiger partial charge in [0.2, 0.25) is 0 Å². The predicted molar refractivity (Wildman–Crippen MR) is 100 cm³/mol. The Kier molecular flexibility index (Phi) is 6.73. The fraction of sp³-hybridized carbons (Fsp3) is 0.889. The zero-order valence-corrected chi connectivity index (χ0v) is 18.3. The third-order valence-electron chi connectivity index (χ3n) is 4.91. The smallest absolute Gasteiger partial charge is 0.411 e. The molecule has 0 radical (unpaired) electrons. The molecule has 1 saturated heterocycles. The molecule has 1 amide bonds. The maximum atomic E-state index is 12.6. The number of nitrogens with zero attached hydrogens (tertiary/aromatic N) is 1. The molecule has 0 saturated carbocycles. The van der Waals surface area contributed by atoms with Gasteiger partial charge in [-0.3, -0.25) is 4.90 Å². The predicted octanol–water partition coefficient (Wildman–Crippen LogP) is 3.95. The van der Waals surface area contributed by atoms with Crippen molar-refractivity contribution in [2.75, 3.05) is 13.7 Å². The van der Waals surface area contributed by atoms with Crippen LogP contribution in [0.3, 0.4) is 0 Å². The topological polar surface area (TPSA) is 65.1 Å². The lowest BCUT2D eigenvalue weighted by molar-refractivity contribution is -0.149. The van der Waals surface area contributed by atoms with Crippen LogP contribution >= 0.6 is 0 Å². The fourth-order valence-electron chi connectivity index (χ4n) is 2.53. The Hall–Kier alpha value is -1.08. The summed E-state index contributed by atoms with van der Waals surface area (Å²) in [6, 6.07) is -0.612. The van der Waals surface area contributed by atoms with E-state index in [0.29, 0.717) is 13.0 Å². The number of carbonyl (C=O) groups excluding carboxylic acids is 2. The van der Waals surface area contributed by atoms with E-state index in [1.54, 1.807) is 0 Å². The van der Waals surface area contributed by atoms with Crippen LogP contribution in [0, 0.1) is 0 Å². The number of hydrogen-bond acceptors (Lipinski definition) is 5. The molecule has 0 N–H and O–H groups in total. The average Bonchev–Trinajstić information content (AvgIpc) is 2.43. The van der Waals surface area contributed by atoms with Gasteiger partial charge in [0.25, 0.3) is 0 Å². The number of amides is 1. The number of carbonyl (C=O) groups is 2. The number of likely N-dealkylation sites (tertiary alicyclic amines) is 1. The van der Waals surface area contributed by atoms with E-state index in [4.69, 9.17) is 13.9 Å². The highest BCUT2D eigenvalue weighted by Crippen LogP contribution is 2.38. The molecule has 0 aromatic heterocycles. The van der Waals surface area contributed by atoms with Crippen LogP contribution in [-0.2, 0) is 18.7 Å². The second-order valence-corrected chi connectivity index (χ2v) is 14.0. The Morgan fingerprint density at radius 2 is 1.60 bits per heavy atom. The summed E-state index contributed by atoms with van der Waals surface area (Å²) >= 11 is 0. The van der Waals surface area contributed by atoms with Crippen LogP contribution in [0.1, 0.15) is 54.4 Å². The second-order valence-electron chi connectivity index (χ2n) is 9.25. The van der Waals surface area contributed by atoms with Gasteiger partial charge in [-0.2, -0.15) is 0 Å². The summed E-state index contributed by atoms with van der Waals surface area (Å²) in [7, 11) is -0.615. The number of esters is 1. The molecule has 1 fully saturated rings. The third-order valence-corrected chi connectivity index (χ3v) is 9.44. The summed E-state index contributed by atoms with van der Waals surface area (Å²) in [6.07, 6.45) is 0.664. The van der Waals surface area contributed by atoms with Crippen molar-refractivity contribution in [3.8, 4) is 0 Å². The van der Waals surface area contributed by atoms with E-state index in [1.807, 2.05) is 20.8 Å². The molecule has 6 nitrogen and oxygen atoms in total. The summed E-state index contributed by atoms with van der Waals surface area (Å²) in [5.74, 6) is -0.406. The van der Waals surface area contributed by atoms with Crippen molar-refractivity contribution in [3.63, 3.8) is 0 Å². The van der Waals surface area contributed by atoms with Crippen molar-refractivity contribution in [3.05, 3.63) is 0 Å². The molecular formula is C18H35NO5Si. The third kappa shape index (κ3) is 5.99. The summed E-state index contributed by atoms with van der Waals surface area (Å²) in [4.78, 5) is 26.2. The molecule has 1 heterocycles. The lowest BCUT2D eigenvalue weighted by Crippen LogP contribution is -2.56. The maximum absolute atomic E-state index is 12.6. The zero-order valence-electron chi connectivity index (χ0n) is 17.3. The van der Waals surface area contributed by atoms with Gasteiger partial charge in [0, 0.05) is 6.54 Å². The molecule has 1 aliphatic rings. The van der Waals surface area contributed by atoms with Gasteiger partial charge in [-0.25, -0.2) is 9.59 Å². The van der Waals surface area contributed by atoms with Gasteiger partial charge in [0.1, 0.15) is 11.6 Å². The van der Waals surface area contributed by atoms with E-state index in [-0.39, 0.29) is 11.1 Å². The van der Waals surface area contributed by atoms with E-state index in [2.05, 4.69) is 33.9 Å². The first-order valence-corrected chi connectivity index (χ1v) is 11.8. The summed E-state index contributed by atoms with van der Waals surface area (Å²) in [5, 5.41) is 0.0863.